The molecule has 0 saturated carbocycles. The molecule has 1 atom stereocenters. The van der Waals surface area contributed by atoms with Crippen molar-refractivity contribution in [2.45, 2.75) is 126 Å². The molecule has 39 heavy (non-hydrogen) atoms. The monoisotopic (exact) mass is 560 g/mol. The van der Waals surface area contributed by atoms with Crippen molar-refractivity contribution in [1.29, 1.82) is 0 Å². The molecular formula is C32H48O6S. The zero-order valence-corrected chi connectivity index (χ0v) is 24.7. The van der Waals surface area contributed by atoms with Crippen LogP contribution in [0.1, 0.15) is 110 Å². The molecule has 1 unspecified atom stereocenters. The van der Waals surface area contributed by atoms with E-state index in [9.17, 15) is 18.3 Å². The number of ether oxygens (including phenoxy) is 2. The van der Waals surface area contributed by atoms with Crippen LogP contribution in [0.25, 0.3) is 0 Å². The fourth-order valence-corrected chi connectivity index (χ4v) is 5.72. The molecule has 0 amide bonds. The number of phenols is 1. The lowest BCUT2D eigenvalue weighted by Gasteiger charge is -2.18. The Balaban J connectivity index is 1.91. The average Bonchev–Trinajstić information content (AvgIpc) is 2.93. The Hall–Kier alpha value is -2.54. The summed E-state index contributed by atoms with van der Waals surface area (Å²) in [5, 5.41) is 9.45. The molecule has 2 rings (SSSR count). The molecule has 0 aliphatic heterocycles. The minimum absolute atomic E-state index is 0.00315. The largest absolute Gasteiger partial charge is 0.508 e. The number of hydrogen-bond donors (Lipinski definition) is 1. The lowest BCUT2D eigenvalue weighted by atomic mass is 10.0. The van der Waals surface area contributed by atoms with Gasteiger partial charge in [-0.1, -0.05) is 90.9 Å². The first-order chi connectivity index (χ1) is 18.9. The Kier molecular flexibility index (Phi) is 15.7. The fourth-order valence-electron chi connectivity index (χ4n) is 4.46. The standard InChI is InChI=1S/C32H48O6S/c1-3-5-7-9-10-11-12-13-14-15-17-31(32(34)37-26-16-8-6-4-2)38-28-20-24-30(25-21-28)39(35,36)29-22-18-27(33)19-23-29/h18-25,31,33H,3-17,26H2,1-2H3. The van der Waals surface area contributed by atoms with E-state index >= 15 is 0 Å². The first kappa shape index (κ1) is 32.7. The predicted molar refractivity (Wildman–Crippen MR) is 156 cm³/mol. The summed E-state index contributed by atoms with van der Waals surface area (Å²) in [7, 11) is -3.73. The van der Waals surface area contributed by atoms with E-state index < -0.39 is 15.9 Å². The number of benzene rings is 2. The average molecular weight is 561 g/mol. The maximum atomic E-state index is 12.9. The highest BCUT2D eigenvalue weighted by Crippen LogP contribution is 2.25. The molecule has 2 aromatic carbocycles. The predicted octanol–water partition coefficient (Wildman–Crippen LogP) is 8.41. The van der Waals surface area contributed by atoms with E-state index in [0.717, 1.165) is 44.9 Å². The van der Waals surface area contributed by atoms with Crippen LogP contribution in [0.2, 0.25) is 0 Å². The lowest BCUT2D eigenvalue weighted by Crippen LogP contribution is -2.29. The smallest absolute Gasteiger partial charge is 0.347 e. The van der Waals surface area contributed by atoms with Crippen LogP contribution >= 0.6 is 0 Å². The Bertz CT molecular complexity index is 1030. The van der Waals surface area contributed by atoms with Gasteiger partial charge in [-0.3, -0.25) is 0 Å². The Morgan fingerprint density at radius 2 is 1.15 bits per heavy atom. The van der Waals surface area contributed by atoms with Gasteiger partial charge in [0.25, 0.3) is 0 Å². The van der Waals surface area contributed by atoms with Gasteiger partial charge in [0.1, 0.15) is 11.5 Å². The minimum atomic E-state index is -3.73. The van der Waals surface area contributed by atoms with Crippen molar-refractivity contribution in [2.75, 3.05) is 6.61 Å². The van der Waals surface area contributed by atoms with Gasteiger partial charge < -0.3 is 14.6 Å². The molecular weight excluding hydrogens is 512 g/mol. The summed E-state index contributed by atoms with van der Waals surface area (Å²) in [6, 6.07) is 11.5. The summed E-state index contributed by atoms with van der Waals surface area (Å²) in [6.07, 6.45) is 16.1. The summed E-state index contributed by atoms with van der Waals surface area (Å²) >= 11 is 0. The molecule has 7 heteroatoms. The molecule has 0 spiro atoms. The van der Waals surface area contributed by atoms with Crippen LogP contribution in [0.5, 0.6) is 11.5 Å². The van der Waals surface area contributed by atoms with E-state index in [4.69, 9.17) is 9.47 Å². The van der Waals surface area contributed by atoms with Gasteiger partial charge in [0, 0.05) is 0 Å². The summed E-state index contributed by atoms with van der Waals surface area (Å²) in [5.74, 6) is 0.0753. The maximum absolute atomic E-state index is 12.9. The number of rotatable bonds is 21. The third-order valence-corrected chi connectivity index (χ3v) is 8.67. The topological polar surface area (TPSA) is 89.9 Å². The van der Waals surface area contributed by atoms with Crippen LogP contribution in [0.3, 0.4) is 0 Å². The summed E-state index contributed by atoms with van der Waals surface area (Å²) < 4.78 is 37.4. The molecule has 0 aliphatic rings. The molecule has 6 nitrogen and oxygen atoms in total. The molecule has 0 fully saturated rings. The third kappa shape index (κ3) is 12.5. The molecule has 0 aromatic heterocycles. The molecule has 0 heterocycles. The summed E-state index contributed by atoms with van der Waals surface area (Å²) in [6.45, 7) is 4.77. The van der Waals surface area contributed by atoms with E-state index in [-0.39, 0.29) is 21.5 Å². The van der Waals surface area contributed by atoms with Crippen LogP contribution in [-0.2, 0) is 19.4 Å². The number of esters is 1. The Morgan fingerprint density at radius 1 is 0.692 bits per heavy atom. The van der Waals surface area contributed by atoms with Gasteiger partial charge in [-0.05, 0) is 67.8 Å². The van der Waals surface area contributed by atoms with Crippen molar-refractivity contribution in [3.8, 4) is 11.5 Å². The van der Waals surface area contributed by atoms with Crippen LogP contribution in [0.15, 0.2) is 58.3 Å². The van der Waals surface area contributed by atoms with E-state index in [1.165, 1.54) is 81.3 Å². The van der Waals surface area contributed by atoms with E-state index in [1.54, 1.807) is 12.1 Å². The number of carbonyl (C=O) groups excluding carboxylic acids is 1. The second kappa shape index (κ2) is 18.7. The molecule has 1 N–H and O–H groups in total. The van der Waals surface area contributed by atoms with Crippen molar-refractivity contribution in [3.05, 3.63) is 48.5 Å². The summed E-state index contributed by atoms with van der Waals surface area (Å²) in [5.41, 5.74) is 0. The summed E-state index contributed by atoms with van der Waals surface area (Å²) in [4.78, 5) is 13.1. The van der Waals surface area contributed by atoms with Gasteiger partial charge in [0.15, 0.2) is 6.10 Å². The molecule has 218 valence electrons. The molecule has 0 radical (unpaired) electrons. The van der Waals surface area contributed by atoms with Gasteiger partial charge in [-0.25, -0.2) is 13.2 Å². The van der Waals surface area contributed by atoms with Crippen molar-refractivity contribution in [2.24, 2.45) is 0 Å². The highest BCUT2D eigenvalue weighted by atomic mass is 32.2. The number of phenolic OH excluding ortho intramolecular Hbond substituents is 1. The fraction of sp³-hybridized carbons (Fsp3) is 0.594. The van der Waals surface area contributed by atoms with Gasteiger partial charge in [-0.2, -0.15) is 0 Å². The van der Waals surface area contributed by atoms with Crippen LogP contribution in [-0.4, -0.2) is 32.2 Å². The second-order valence-electron chi connectivity index (χ2n) is 10.3. The van der Waals surface area contributed by atoms with Crippen molar-refractivity contribution < 1.29 is 27.8 Å². The number of aromatic hydroxyl groups is 1. The van der Waals surface area contributed by atoms with Crippen molar-refractivity contribution in [1.82, 2.24) is 0 Å². The van der Waals surface area contributed by atoms with E-state index in [2.05, 4.69) is 13.8 Å². The molecule has 2 aromatic rings. The third-order valence-electron chi connectivity index (χ3n) is 6.88. The normalized spacial score (nSPS) is 12.3. The maximum Gasteiger partial charge on any atom is 0.347 e. The van der Waals surface area contributed by atoms with E-state index in [0.29, 0.717) is 18.8 Å². The number of carbonyl (C=O) groups is 1. The molecule has 0 saturated heterocycles. The Morgan fingerprint density at radius 3 is 1.69 bits per heavy atom. The Labute approximate surface area is 236 Å². The first-order valence-corrected chi connectivity index (χ1v) is 16.3. The number of unbranched alkanes of at least 4 members (excludes halogenated alkanes) is 12. The van der Waals surface area contributed by atoms with Crippen molar-refractivity contribution in [3.63, 3.8) is 0 Å². The minimum Gasteiger partial charge on any atom is -0.508 e. The van der Waals surface area contributed by atoms with Gasteiger partial charge in [0.2, 0.25) is 9.84 Å². The highest BCUT2D eigenvalue weighted by Gasteiger charge is 2.23. The SMILES string of the molecule is CCCCCCCCCCCCC(Oc1ccc(S(=O)(=O)c2ccc(O)cc2)cc1)C(=O)OCCCCCC. The first-order valence-electron chi connectivity index (χ1n) is 14.9. The van der Waals surface area contributed by atoms with Crippen LogP contribution in [0.4, 0.5) is 0 Å². The lowest BCUT2D eigenvalue weighted by molar-refractivity contribution is -0.152. The van der Waals surface area contributed by atoms with Crippen molar-refractivity contribution >= 4 is 15.8 Å². The zero-order chi connectivity index (χ0) is 28.3. The van der Waals surface area contributed by atoms with Crippen LogP contribution in [0, 0.1) is 0 Å². The number of sulfone groups is 1. The molecule has 0 aliphatic carbocycles. The van der Waals surface area contributed by atoms with Gasteiger partial charge in [-0.15, -0.1) is 0 Å². The van der Waals surface area contributed by atoms with Gasteiger partial charge in [0.05, 0.1) is 16.4 Å². The molecule has 0 bridgehead atoms. The van der Waals surface area contributed by atoms with Crippen LogP contribution < -0.4 is 4.74 Å². The quantitative estimate of drug-likeness (QED) is 0.122. The number of hydrogen-bond acceptors (Lipinski definition) is 6. The zero-order valence-electron chi connectivity index (χ0n) is 23.9. The van der Waals surface area contributed by atoms with Gasteiger partial charge >= 0.3 is 5.97 Å². The highest BCUT2D eigenvalue weighted by molar-refractivity contribution is 7.91. The second-order valence-corrected chi connectivity index (χ2v) is 12.2. The van der Waals surface area contributed by atoms with E-state index in [1.807, 2.05) is 0 Å².